The molecule has 2 rings (SSSR count). The number of piperidine rings is 1. The summed E-state index contributed by atoms with van der Waals surface area (Å²) in [7, 11) is 2.23. The minimum Gasteiger partial charge on any atom is -0.377 e. The summed E-state index contributed by atoms with van der Waals surface area (Å²) in [4.78, 5) is 7.68. The Bertz CT molecular complexity index is 256. The average Bonchev–Trinajstić information content (AvgIpc) is 2.43. The van der Waals surface area contributed by atoms with Crippen LogP contribution in [-0.2, 0) is 4.74 Å². The molecule has 0 aromatic heterocycles. The van der Waals surface area contributed by atoms with Crippen LogP contribution in [0.3, 0.4) is 0 Å². The Morgan fingerprint density at radius 3 is 2.20 bits per heavy atom. The molecule has 4 nitrogen and oxygen atoms in total. The Kier molecular flexibility index (Phi) is 6.75. The summed E-state index contributed by atoms with van der Waals surface area (Å²) in [5.41, 5.74) is 0. The molecule has 0 aromatic carbocycles. The second kappa shape index (κ2) is 8.32. The number of likely N-dealkylation sites (N-methyl/N-ethyl adjacent to an activating group) is 1. The topological polar surface area (TPSA) is 19.0 Å². The standard InChI is InChI=1S/C16H33N3O/c1-15(2)20-13-12-18-6-4-16(5-7-18)14-19-10-8-17(3)9-11-19/h15-16H,4-14H2,1-3H3. The van der Waals surface area contributed by atoms with Crippen molar-refractivity contribution in [2.45, 2.75) is 32.8 Å². The molecular weight excluding hydrogens is 250 g/mol. The maximum atomic E-state index is 5.65. The van der Waals surface area contributed by atoms with Crippen molar-refractivity contribution in [3.05, 3.63) is 0 Å². The van der Waals surface area contributed by atoms with Crippen LogP contribution in [0, 0.1) is 5.92 Å². The van der Waals surface area contributed by atoms with Crippen molar-refractivity contribution >= 4 is 0 Å². The molecule has 0 bridgehead atoms. The first kappa shape index (κ1) is 16.2. The summed E-state index contributed by atoms with van der Waals surface area (Å²) in [5, 5.41) is 0. The van der Waals surface area contributed by atoms with Gasteiger partial charge in [-0.25, -0.2) is 0 Å². The molecule has 0 radical (unpaired) electrons. The number of piperazine rings is 1. The summed E-state index contributed by atoms with van der Waals surface area (Å²) in [6.45, 7) is 15.1. The molecule has 4 heteroatoms. The lowest BCUT2D eigenvalue weighted by atomic mass is 9.96. The first-order chi connectivity index (χ1) is 9.63. The molecular formula is C16H33N3O. The van der Waals surface area contributed by atoms with Gasteiger partial charge in [-0.1, -0.05) is 0 Å². The number of rotatable bonds is 6. The number of nitrogens with zero attached hydrogens (tertiary/aromatic N) is 3. The highest BCUT2D eigenvalue weighted by Gasteiger charge is 2.22. The van der Waals surface area contributed by atoms with E-state index in [4.69, 9.17) is 4.74 Å². The maximum absolute atomic E-state index is 5.65. The molecule has 0 atom stereocenters. The van der Waals surface area contributed by atoms with Gasteiger partial charge in [0.05, 0.1) is 12.7 Å². The van der Waals surface area contributed by atoms with Gasteiger partial charge in [0.25, 0.3) is 0 Å². The van der Waals surface area contributed by atoms with Gasteiger partial charge in [-0.2, -0.15) is 0 Å². The lowest BCUT2D eigenvalue weighted by molar-refractivity contribution is 0.0464. The van der Waals surface area contributed by atoms with E-state index in [0.717, 1.165) is 19.1 Å². The zero-order valence-corrected chi connectivity index (χ0v) is 13.7. The highest BCUT2D eigenvalue weighted by Crippen LogP contribution is 2.18. The van der Waals surface area contributed by atoms with E-state index in [1.807, 2.05) is 0 Å². The monoisotopic (exact) mass is 283 g/mol. The van der Waals surface area contributed by atoms with Gasteiger partial charge >= 0.3 is 0 Å². The molecule has 0 aromatic rings. The second-order valence-corrected chi connectivity index (χ2v) is 6.81. The second-order valence-electron chi connectivity index (χ2n) is 6.81. The largest absolute Gasteiger partial charge is 0.377 e. The van der Waals surface area contributed by atoms with Gasteiger partial charge < -0.3 is 19.4 Å². The zero-order chi connectivity index (χ0) is 14.4. The van der Waals surface area contributed by atoms with E-state index in [-0.39, 0.29) is 0 Å². The van der Waals surface area contributed by atoms with Crippen molar-refractivity contribution in [3.63, 3.8) is 0 Å². The van der Waals surface area contributed by atoms with Gasteiger partial charge in [-0.05, 0) is 52.7 Å². The molecule has 2 heterocycles. The van der Waals surface area contributed by atoms with E-state index >= 15 is 0 Å². The Morgan fingerprint density at radius 1 is 0.950 bits per heavy atom. The van der Waals surface area contributed by atoms with E-state index in [1.54, 1.807) is 0 Å². The van der Waals surface area contributed by atoms with Crippen molar-refractivity contribution in [2.75, 3.05) is 66.0 Å². The summed E-state index contributed by atoms with van der Waals surface area (Å²) >= 11 is 0. The number of hydrogen-bond acceptors (Lipinski definition) is 4. The van der Waals surface area contributed by atoms with Crippen molar-refractivity contribution in [3.8, 4) is 0 Å². The van der Waals surface area contributed by atoms with Crippen LogP contribution in [0.1, 0.15) is 26.7 Å². The fourth-order valence-corrected chi connectivity index (χ4v) is 3.21. The third-order valence-corrected chi connectivity index (χ3v) is 4.68. The molecule has 2 fully saturated rings. The van der Waals surface area contributed by atoms with Crippen molar-refractivity contribution in [1.82, 2.24) is 14.7 Å². The van der Waals surface area contributed by atoms with Crippen LogP contribution >= 0.6 is 0 Å². The van der Waals surface area contributed by atoms with Crippen LogP contribution in [-0.4, -0.2) is 86.8 Å². The van der Waals surface area contributed by atoms with Gasteiger partial charge in [0.1, 0.15) is 0 Å². The van der Waals surface area contributed by atoms with Crippen LogP contribution < -0.4 is 0 Å². The molecule has 2 aliphatic heterocycles. The molecule has 2 saturated heterocycles. The fourth-order valence-electron chi connectivity index (χ4n) is 3.21. The quantitative estimate of drug-likeness (QED) is 0.733. The number of hydrogen-bond donors (Lipinski definition) is 0. The predicted molar refractivity (Wildman–Crippen MR) is 84.2 cm³/mol. The molecule has 2 aliphatic rings. The van der Waals surface area contributed by atoms with E-state index in [2.05, 4.69) is 35.6 Å². The Balaban J connectivity index is 1.57. The van der Waals surface area contributed by atoms with Crippen LogP contribution in [0.25, 0.3) is 0 Å². The highest BCUT2D eigenvalue weighted by molar-refractivity contribution is 4.77. The Labute approximate surface area is 125 Å². The van der Waals surface area contributed by atoms with E-state index in [9.17, 15) is 0 Å². The summed E-state index contributed by atoms with van der Waals surface area (Å²) < 4.78 is 5.65. The van der Waals surface area contributed by atoms with Gasteiger partial charge in [0, 0.05) is 39.3 Å². The zero-order valence-electron chi connectivity index (χ0n) is 13.7. The van der Waals surface area contributed by atoms with Crippen LogP contribution in [0.4, 0.5) is 0 Å². The SMILES string of the molecule is CC(C)OCCN1CCC(CN2CCN(C)CC2)CC1. The van der Waals surface area contributed by atoms with Gasteiger partial charge in [0.2, 0.25) is 0 Å². The molecule has 0 aliphatic carbocycles. The third-order valence-electron chi connectivity index (χ3n) is 4.68. The molecule has 0 amide bonds. The molecule has 0 unspecified atom stereocenters. The van der Waals surface area contributed by atoms with Gasteiger partial charge in [-0.15, -0.1) is 0 Å². The normalized spacial score (nSPS) is 24.6. The molecule has 0 N–H and O–H groups in total. The Hall–Kier alpha value is -0.160. The molecule has 20 heavy (non-hydrogen) atoms. The summed E-state index contributed by atoms with van der Waals surface area (Å²) in [6, 6.07) is 0. The third kappa shape index (κ3) is 5.68. The lowest BCUT2D eigenvalue weighted by Crippen LogP contribution is -2.47. The number of likely N-dealkylation sites (tertiary alicyclic amines) is 1. The average molecular weight is 283 g/mol. The molecule has 118 valence electrons. The predicted octanol–water partition coefficient (Wildman–Crippen LogP) is 1.37. The lowest BCUT2D eigenvalue weighted by Gasteiger charge is -2.38. The first-order valence-electron chi connectivity index (χ1n) is 8.38. The van der Waals surface area contributed by atoms with Gasteiger partial charge in [-0.3, -0.25) is 0 Å². The highest BCUT2D eigenvalue weighted by atomic mass is 16.5. The smallest absolute Gasteiger partial charge is 0.0596 e. The van der Waals surface area contributed by atoms with Gasteiger partial charge in [0.15, 0.2) is 0 Å². The van der Waals surface area contributed by atoms with Crippen LogP contribution in [0.15, 0.2) is 0 Å². The van der Waals surface area contributed by atoms with E-state index < -0.39 is 0 Å². The Morgan fingerprint density at radius 2 is 1.60 bits per heavy atom. The first-order valence-corrected chi connectivity index (χ1v) is 8.38. The van der Waals surface area contributed by atoms with Crippen LogP contribution in [0.2, 0.25) is 0 Å². The van der Waals surface area contributed by atoms with Crippen LogP contribution in [0.5, 0.6) is 0 Å². The van der Waals surface area contributed by atoms with Crippen molar-refractivity contribution < 1.29 is 4.74 Å². The molecule has 0 saturated carbocycles. The minimum absolute atomic E-state index is 0.366. The van der Waals surface area contributed by atoms with Crippen molar-refractivity contribution in [1.29, 1.82) is 0 Å². The summed E-state index contributed by atoms with van der Waals surface area (Å²) in [6.07, 6.45) is 3.10. The maximum Gasteiger partial charge on any atom is 0.0596 e. The molecule has 0 spiro atoms. The summed E-state index contributed by atoms with van der Waals surface area (Å²) in [5.74, 6) is 0.917. The van der Waals surface area contributed by atoms with Crippen molar-refractivity contribution in [2.24, 2.45) is 5.92 Å². The number of ether oxygens (including phenoxy) is 1. The van der Waals surface area contributed by atoms with E-state index in [1.165, 1.54) is 58.7 Å². The minimum atomic E-state index is 0.366. The fraction of sp³-hybridized carbons (Fsp3) is 1.00. The van der Waals surface area contributed by atoms with E-state index in [0.29, 0.717) is 6.10 Å².